The van der Waals surface area contributed by atoms with Crippen molar-refractivity contribution in [1.29, 1.82) is 0 Å². The van der Waals surface area contributed by atoms with Gasteiger partial charge in [0, 0.05) is 45.3 Å². The molecule has 0 unspecified atom stereocenters. The van der Waals surface area contributed by atoms with Crippen LogP contribution in [0.3, 0.4) is 0 Å². The second kappa shape index (κ2) is 12.9. The lowest BCUT2D eigenvalue weighted by atomic mass is 10.1. The number of benzene rings is 2. The number of hydrogen-bond acceptors (Lipinski definition) is 3. The molecule has 4 rings (SSSR count). The van der Waals surface area contributed by atoms with Crippen LogP contribution in [-0.2, 0) is 24.4 Å². The summed E-state index contributed by atoms with van der Waals surface area (Å²) >= 11 is 0. The van der Waals surface area contributed by atoms with Crippen LogP contribution in [0.1, 0.15) is 48.8 Å². The molecule has 0 bridgehead atoms. The molecule has 2 aliphatic heterocycles. The summed E-state index contributed by atoms with van der Waals surface area (Å²) in [6.45, 7) is 5.75. The Labute approximate surface area is 214 Å². The van der Waals surface area contributed by atoms with Crippen molar-refractivity contribution in [2.45, 2.75) is 51.7 Å². The quantitative estimate of drug-likeness (QED) is 0.301. The third-order valence-electron chi connectivity index (χ3n) is 6.34. The highest BCUT2D eigenvalue weighted by molar-refractivity contribution is 14.0. The number of carbonyl (C=O) groups excluding carboxylic acids is 1. The number of piperidine rings is 1. The lowest BCUT2D eigenvalue weighted by molar-refractivity contribution is -0.117. The van der Waals surface area contributed by atoms with Gasteiger partial charge in [0.2, 0.25) is 5.91 Å². The van der Waals surface area contributed by atoms with Gasteiger partial charge in [0.15, 0.2) is 5.96 Å². The summed E-state index contributed by atoms with van der Waals surface area (Å²) < 4.78 is 0. The molecular formula is C26H36IN5O. The zero-order valence-electron chi connectivity index (χ0n) is 19.6. The van der Waals surface area contributed by atoms with Gasteiger partial charge in [-0.1, -0.05) is 42.8 Å². The van der Waals surface area contributed by atoms with Crippen LogP contribution >= 0.6 is 24.0 Å². The summed E-state index contributed by atoms with van der Waals surface area (Å²) in [5.74, 6) is 1.00. The Balaban J connectivity index is 0.00000306. The minimum Gasteiger partial charge on any atom is -0.352 e. The molecule has 6 nitrogen and oxygen atoms in total. The van der Waals surface area contributed by atoms with Crippen molar-refractivity contribution in [1.82, 2.24) is 15.5 Å². The van der Waals surface area contributed by atoms with Crippen LogP contribution in [0.4, 0.5) is 5.69 Å². The van der Waals surface area contributed by atoms with Gasteiger partial charge < -0.3 is 15.5 Å². The molecule has 0 spiro atoms. The van der Waals surface area contributed by atoms with Crippen molar-refractivity contribution in [3.05, 3.63) is 65.2 Å². The Bertz CT molecular complexity index is 907. The highest BCUT2D eigenvalue weighted by Gasteiger charge is 2.21. The molecule has 2 aromatic carbocycles. The standard InChI is InChI=1S/C26H35N5O.HI/c1-27-26(29-19-22-11-13-24(14-12-22)31-17-5-6-25(31)32)28-18-21-7-9-23(10-8-21)20-30-15-3-2-4-16-30;/h7-14H,2-6,15-20H2,1H3,(H2,27,28,29);1H. The minimum atomic E-state index is 0. The Kier molecular flexibility index (Phi) is 9.99. The number of anilines is 1. The first-order valence-electron chi connectivity index (χ1n) is 11.9. The van der Waals surface area contributed by atoms with Crippen LogP contribution < -0.4 is 15.5 Å². The smallest absolute Gasteiger partial charge is 0.227 e. The van der Waals surface area contributed by atoms with E-state index in [-0.39, 0.29) is 29.9 Å². The summed E-state index contributed by atoms with van der Waals surface area (Å²) in [5.41, 5.74) is 4.78. The molecular weight excluding hydrogens is 525 g/mol. The number of guanidine groups is 1. The van der Waals surface area contributed by atoms with E-state index >= 15 is 0 Å². The fourth-order valence-corrected chi connectivity index (χ4v) is 4.45. The minimum absolute atomic E-state index is 0. The van der Waals surface area contributed by atoms with Gasteiger partial charge in [-0.3, -0.25) is 14.7 Å². The van der Waals surface area contributed by atoms with E-state index in [1.807, 2.05) is 17.0 Å². The molecule has 0 radical (unpaired) electrons. The number of likely N-dealkylation sites (tertiary alicyclic amines) is 1. The molecule has 0 aromatic heterocycles. The third kappa shape index (κ3) is 7.43. The highest BCUT2D eigenvalue weighted by Crippen LogP contribution is 2.21. The molecule has 1 amide bonds. The van der Waals surface area contributed by atoms with Gasteiger partial charge >= 0.3 is 0 Å². The van der Waals surface area contributed by atoms with Crippen LogP contribution in [0, 0.1) is 0 Å². The summed E-state index contributed by atoms with van der Waals surface area (Å²) in [7, 11) is 1.79. The van der Waals surface area contributed by atoms with Crippen LogP contribution in [0.5, 0.6) is 0 Å². The van der Waals surface area contributed by atoms with Gasteiger partial charge in [-0.25, -0.2) is 0 Å². The third-order valence-corrected chi connectivity index (χ3v) is 6.34. The number of aliphatic imine (C=N–C) groups is 1. The van der Waals surface area contributed by atoms with Crippen molar-refractivity contribution in [2.75, 3.05) is 31.6 Å². The van der Waals surface area contributed by atoms with E-state index < -0.39 is 0 Å². The van der Waals surface area contributed by atoms with E-state index in [0.717, 1.165) is 43.3 Å². The molecule has 2 heterocycles. The molecule has 2 fully saturated rings. The number of nitrogens with one attached hydrogen (secondary N) is 2. The maximum atomic E-state index is 11.9. The average Bonchev–Trinajstić information content (AvgIpc) is 3.27. The summed E-state index contributed by atoms with van der Waals surface area (Å²) in [5, 5.41) is 6.77. The molecule has 2 aliphatic rings. The average molecular weight is 562 g/mol. The molecule has 33 heavy (non-hydrogen) atoms. The van der Waals surface area contributed by atoms with E-state index in [0.29, 0.717) is 13.0 Å². The molecule has 7 heteroatoms. The van der Waals surface area contributed by atoms with Crippen molar-refractivity contribution in [3.8, 4) is 0 Å². The predicted octanol–water partition coefficient (Wildman–Crippen LogP) is 4.28. The zero-order valence-corrected chi connectivity index (χ0v) is 21.9. The van der Waals surface area contributed by atoms with Crippen molar-refractivity contribution >= 4 is 41.5 Å². The molecule has 0 aliphatic carbocycles. The Morgan fingerprint density at radius 2 is 1.39 bits per heavy atom. The molecule has 0 atom stereocenters. The van der Waals surface area contributed by atoms with Gasteiger partial charge in [0.05, 0.1) is 0 Å². The fourth-order valence-electron chi connectivity index (χ4n) is 4.45. The first kappa shape index (κ1) is 25.5. The number of carbonyl (C=O) groups is 1. The summed E-state index contributed by atoms with van der Waals surface area (Å²) in [6.07, 6.45) is 5.64. The van der Waals surface area contributed by atoms with Gasteiger partial charge in [0.1, 0.15) is 0 Å². The van der Waals surface area contributed by atoms with Crippen LogP contribution in [-0.4, -0.2) is 43.4 Å². The highest BCUT2D eigenvalue weighted by atomic mass is 127. The number of nitrogens with zero attached hydrogens (tertiary/aromatic N) is 3. The van der Waals surface area contributed by atoms with Gasteiger partial charge in [-0.05, 0) is 61.2 Å². The molecule has 178 valence electrons. The fraction of sp³-hybridized carbons (Fsp3) is 0.462. The van der Waals surface area contributed by atoms with Gasteiger partial charge in [-0.2, -0.15) is 0 Å². The van der Waals surface area contributed by atoms with Gasteiger partial charge in [-0.15, -0.1) is 24.0 Å². The number of hydrogen-bond donors (Lipinski definition) is 2. The van der Waals surface area contributed by atoms with Crippen molar-refractivity contribution in [2.24, 2.45) is 4.99 Å². The van der Waals surface area contributed by atoms with Crippen LogP contribution in [0.2, 0.25) is 0 Å². The Hall–Kier alpha value is -2.13. The molecule has 2 saturated heterocycles. The maximum absolute atomic E-state index is 11.9. The largest absolute Gasteiger partial charge is 0.352 e. The Morgan fingerprint density at radius 3 is 1.94 bits per heavy atom. The predicted molar refractivity (Wildman–Crippen MR) is 146 cm³/mol. The molecule has 0 saturated carbocycles. The number of halogens is 1. The number of amides is 1. The zero-order chi connectivity index (χ0) is 22.2. The second-order valence-corrected chi connectivity index (χ2v) is 8.75. The Morgan fingerprint density at radius 1 is 0.818 bits per heavy atom. The van der Waals surface area contributed by atoms with Gasteiger partial charge in [0.25, 0.3) is 0 Å². The summed E-state index contributed by atoms with van der Waals surface area (Å²) in [4.78, 5) is 20.7. The lowest BCUT2D eigenvalue weighted by Gasteiger charge is -2.26. The SMILES string of the molecule is CN=C(NCc1ccc(CN2CCCCC2)cc1)NCc1ccc(N2CCCC2=O)cc1.I. The number of rotatable bonds is 7. The second-order valence-electron chi connectivity index (χ2n) is 8.75. The maximum Gasteiger partial charge on any atom is 0.227 e. The molecule has 2 aromatic rings. The normalized spacial score (nSPS) is 17.1. The van der Waals surface area contributed by atoms with Crippen molar-refractivity contribution in [3.63, 3.8) is 0 Å². The topological polar surface area (TPSA) is 60.0 Å². The monoisotopic (exact) mass is 561 g/mol. The van der Waals surface area contributed by atoms with Crippen molar-refractivity contribution < 1.29 is 4.79 Å². The first-order chi connectivity index (χ1) is 15.7. The van der Waals surface area contributed by atoms with E-state index in [1.165, 1.54) is 43.5 Å². The summed E-state index contributed by atoms with van der Waals surface area (Å²) in [6, 6.07) is 17.1. The van der Waals surface area contributed by atoms with Crippen LogP contribution in [0.25, 0.3) is 0 Å². The van der Waals surface area contributed by atoms with E-state index in [1.54, 1.807) is 7.05 Å². The van der Waals surface area contributed by atoms with E-state index in [4.69, 9.17) is 0 Å². The lowest BCUT2D eigenvalue weighted by Crippen LogP contribution is -2.36. The first-order valence-corrected chi connectivity index (χ1v) is 11.9. The molecule has 2 N–H and O–H groups in total. The van der Waals surface area contributed by atoms with E-state index in [2.05, 4.69) is 56.9 Å². The van der Waals surface area contributed by atoms with E-state index in [9.17, 15) is 4.79 Å². The van der Waals surface area contributed by atoms with Crippen LogP contribution in [0.15, 0.2) is 53.5 Å².